The fourth-order valence-corrected chi connectivity index (χ4v) is 3.70. The monoisotopic (exact) mass is 263 g/mol. The van der Waals surface area contributed by atoms with Crippen LogP contribution in [0.2, 0.25) is 0 Å². The molecular weight excluding hydrogens is 241 g/mol. The van der Waals surface area contributed by atoms with Gasteiger partial charge in [-0.2, -0.15) is 0 Å². The molecule has 0 amide bonds. The lowest BCUT2D eigenvalue weighted by atomic mass is 9.87. The maximum atomic E-state index is 14.1. The molecule has 0 aromatic heterocycles. The predicted octanol–water partition coefficient (Wildman–Crippen LogP) is 3.30. The maximum absolute atomic E-state index is 14.1. The Morgan fingerprint density at radius 2 is 2.16 bits per heavy atom. The molecule has 0 bridgehead atoms. The first-order valence-corrected chi connectivity index (χ1v) is 7.35. The van der Waals surface area contributed by atoms with Gasteiger partial charge in [-0.15, -0.1) is 0 Å². The first-order valence-electron chi connectivity index (χ1n) is 7.35. The summed E-state index contributed by atoms with van der Waals surface area (Å²) in [5, 5.41) is 3.72. The average molecular weight is 263 g/mol. The molecule has 1 saturated heterocycles. The van der Waals surface area contributed by atoms with Crippen LogP contribution in [-0.2, 0) is 6.42 Å². The number of halogens is 1. The lowest BCUT2D eigenvalue weighted by Crippen LogP contribution is -2.46. The van der Waals surface area contributed by atoms with E-state index in [9.17, 15) is 4.39 Å². The van der Waals surface area contributed by atoms with Crippen LogP contribution in [0.15, 0.2) is 18.2 Å². The van der Waals surface area contributed by atoms with E-state index >= 15 is 0 Å². The Labute approximate surface area is 114 Å². The lowest BCUT2D eigenvalue weighted by molar-refractivity contribution is 0.256. The molecule has 1 aliphatic heterocycles. The molecule has 1 aliphatic carbocycles. The van der Waals surface area contributed by atoms with Gasteiger partial charge < -0.3 is 10.1 Å². The molecule has 1 aromatic carbocycles. The fraction of sp³-hybridized carbons (Fsp3) is 0.625. The van der Waals surface area contributed by atoms with Gasteiger partial charge in [0.25, 0.3) is 0 Å². The molecule has 2 fully saturated rings. The van der Waals surface area contributed by atoms with Gasteiger partial charge in [-0.25, -0.2) is 4.39 Å². The van der Waals surface area contributed by atoms with Gasteiger partial charge in [0, 0.05) is 12.1 Å². The Kier molecular flexibility index (Phi) is 3.74. The Morgan fingerprint density at radius 1 is 1.26 bits per heavy atom. The molecule has 3 atom stereocenters. The van der Waals surface area contributed by atoms with Crippen LogP contribution in [0.25, 0.3) is 0 Å². The number of hydrogen-bond acceptors (Lipinski definition) is 2. The van der Waals surface area contributed by atoms with Gasteiger partial charge in [0.05, 0.1) is 7.11 Å². The van der Waals surface area contributed by atoms with E-state index in [0.29, 0.717) is 17.8 Å². The van der Waals surface area contributed by atoms with Gasteiger partial charge in [0.2, 0.25) is 0 Å². The lowest BCUT2D eigenvalue weighted by Gasteiger charge is -2.33. The van der Waals surface area contributed by atoms with Gasteiger partial charge >= 0.3 is 0 Å². The van der Waals surface area contributed by atoms with Crippen molar-refractivity contribution in [3.05, 3.63) is 29.6 Å². The molecule has 3 unspecified atom stereocenters. The van der Waals surface area contributed by atoms with Crippen LogP contribution in [0, 0.1) is 11.7 Å². The van der Waals surface area contributed by atoms with Crippen LogP contribution in [0.5, 0.6) is 5.75 Å². The molecule has 0 spiro atoms. The van der Waals surface area contributed by atoms with E-state index in [1.165, 1.54) is 32.8 Å². The van der Waals surface area contributed by atoms with E-state index in [-0.39, 0.29) is 5.82 Å². The average Bonchev–Trinajstić information content (AvgIpc) is 2.88. The zero-order valence-electron chi connectivity index (χ0n) is 11.5. The van der Waals surface area contributed by atoms with Crippen LogP contribution in [-0.4, -0.2) is 19.2 Å². The van der Waals surface area contributed by atoms with Gasteiger partial charge in [-0.3, -0.25) is 0 Å². The third-order valence-corrected chi connectivity index (χ3v) is 4.72. The third-order valence-electron chi connectivity index (χ3n) is 4.72. The third kappa shape index (κ3) is 2.62. The van der Waals surface area contributed by atoms with E-state index in [2.05, 4.69) is 5.32 Å². The number of piperidine rings is 1. The van der Waals surface area contributed by atoms with E-state index in [1.54, 1.807) is 6.07 Å². The summed E-state index contributed by atoms with van der Waals surface area (Å²) in [4.78, 5) is 0. The van der Waals surface area contributed by atoms with Crippen molar-refractivity contribution in [1.29, 1.82) is 0 Å². The highest BCUT2D eigenvalue weighted by molar-refractivity contribution is 5.31. The molecule has 3 heteroatoms. The van der Waals surface area contributed by atoms with Crippen molar-refractivity contribution >= 4 is 0 Å². The number of methoxy groups -OCH3 is 1. The number of fused-ring (bicyclic) bond motifs is 1. The van der Waals surface area contributed by atoms with Crippen LogP contribution in [0.4, 0.5) is 4.39 Å². The molecule has 1 N–H and O–H groups in total. The minimum absolute atomic E-state index is 0.194. The molecule has 104 valence electrons. The second kappa shape index (κ2) is 5.49. The summed E-state index contributed by atoms with van der Waals surface area (Å²) in [7, 11) is 1.52. The van der Waals surface area contributed by atoms with Crippen LogP contribution >= 0.6 is 0 Å². The Morgan fingerprint density at radius 3 is 3.00 bits per heavy atom. The summed E-state index contributed by atoms with van der Waals surface area (Å²) in [6.45, 7) is 0. The number of nitrogens with one attached hydrogen (secondary N) is 1. The van der Waals surface area contributed by atoms with E-state index in [4.69, 9.17) is 4.74 Å². The molecule has 1 heterocycles. The second-order valence-electron chi connectivity index (χ2n) is 5.88. The first-order chi connectivity index (χ1) is 9.28. The fourth-order valence-electron chi connectivity index (χ4n) is 3.70. The Balaban J connectivity index is 1.68. The smallest absolute Gasteiger partial charge is 0.168 e. The molecule has 19 heavy (non-hydrogen) atoms. The van der Waals surface area contributed by atoms with Crippen molar-refractivity contribution in [3.8, 4) is 5.75 Å². The summed E-state index contributed by atoms with van der Waals surface area (Å²) in [5.74, 6) is 1.03. The number of hydrogen-bond donors (Lipinski definition) is 1. The zero-order chi connectivity index (χ0) is 13.2. The van der Waals surface area contributed by atoms with Gasteiger partial charge in [-0.05, 0) is 49.7 Å². The highest BCUT2D eigenvalue weighted by Gasteiger charge is 2.33. The number of benzene rings is 1. The molecule has 1 saturated carbocycles. The Hall–Kier alpha value is -1.09. The summed E-state index contributed by atoms with van der Waals surface area (Å²) >= 11 is 0. The first kappa shape index (κ1) is 12.9. The van der Waals surface area contributed by atoms with Crippen molar-refractivity contribution in [2.45, 2.75) is 50.6 Å². The van der Waals surface area contributed by atoms with E-state index < -0.39 is 0 Å². The van der Waals surface area contributed by atoms with Crippen molar-refractivity contribution < 1.29 is 9.13 Å². The van der Waals surface area contributed by atoms with Gasteiger partial charge in [0.15, 0.2) is 11.6 Å². The molecule has 2 aliphatic rings. The number of rotatable bonds is 3. The van der Waals surface area contributed by atoms with E-state index in [1.807, 2.05) is 12.1 Å². The minimum atomic E-state index is -0.194. The van der Waals surface area contributed by atoms with Gasteiger partial charge in [-0.1, -0.05) is 18.6 Å². The molecular formula is C16H22FNO. The highest BCUT2D eigenvalue weighted by Crippen LogP contribution is 2.34. The topological polar surface area (TPSA) is 21.3 Å². The summed E-state index contributed by atoms with van der Waals surface area (Å²) in [6.07, 6.45) is 7.25. The second-order valence-corrected chi connectivity index (χ2v) is 5.88. The summed E-state index contributed by atoms with van der Waals surface area (Å²) in [5.41, 5.74) is 0.772. The molecule has 0 radical (unpaired) electrons. The standard InChI is InChI=1S/C16H22FNO/c1-19-15-7-3-5-12(16(15)17)10-13-9-8-11-4-2-6-14(11)18-13/h3,5,7,11,13-14,18H,2,4,6,8-10H2,1H3. The quantitative estimate of drug-likeness (QED) is 0.903. The van der Waals surface area contributed by atoms with Crippen LogP contribution < -0.4 is 10.1 Å². The number of ether oxygens (including phenoxy) is 1. The van der Waals surface area contributed by atoms with Crippen molar-refractivity contribution in [1.82, 2.24) is 5.32 Å². The van der Waals surface area contributed by atoms with E-state index in [0.717, 1.165) is 24.3 Å². The zero-order valence-corrected chi connectivity index (χ0v) is 11.5. The minimum Gasteiger partial charge on any atom is -0.494 e. The van der Waals surface area contributed by atoms with Gasteiger partial charge in [0.1, 0.15) is 0 Å². The van der Waals surface area contributed by atoms with Crippen LogP contribution in [0.1, 0.15) is 37.7 Å². The van der Waals surface area contributed by atoms with Crippen molar-refractivity contribution in [2.24, 2.45) is 5.92 Å². The highest BCUT2D eigenvalue weighted by atomic mass is 19.1. The largest absolute Gasteiger partial charge is 0.494 e. The van der Waals surface area contributed by atoms with Crippen LogP contribution in [0.3, 0.4) is 0 Å². The van der Waals surface area contributed by atoms with Crippen molar-refractivity contribution in [2.75, 3.05) is 7.11 Å². The molecule has 3 rings (SSSR count). The summed E-state index contributed by atoms with van der Waals surface area (Å²) < 4.78 is 19.2. The predicted molar refractivity (Wildman–Crippen MR) is 73.9 cm³/mol. The Bertz CT molecular complexity index is 448. The summed E-state index contributed by atoms with van der Waals surface area (Å²) in [6, 6.07) is 6.52. The normalized spacial score (nSPS) is 30.1. The SMILES string of the molecule is COc1cccc(CC2CCC3CCCC3N2)c1F. The molecule has 2 nitrogen and oxygen atoms in total. The molecule has 1 aromatic rings. The maximum Gasteiger partial charge on any atom is 0.168 e. The van der Waals surface area contributed by atoms with Crippen molar-refractivity contribution in [3.63, 3.8) is 0 Å².